The van der Waals surface area contributed by atoms with Gasteiger partial charge in [-0.05, 0) is 43.9 Å². The van der Waals surface area contributed by atoms with Crippen LogP contribution in [0.2, 0.25) is 10.0 Å². The van der Waals surface area contributed by atoms with Crippen molar-refractivity contribution in [1.29, 1.82) is 0 Å². The van der Waals surface area contributed by atoms with Crippen LogP contribution in [-0.4, -0.2) is 42.4 Å². The van der Waals surface area contributed by atoms with Gasteiger partial charge in [-0.1, -0.05) is 23.2 Å². The summed E-state index contributed by atoms with van der Waals surface area (Å²) in [7, 11) is 0. The first-order valence-corrected chi connectivity index (χ1v) is 9.41. The van der Waals surface area contributed by atoms with Gasteiger partial charge in [0.15, 0.2) is 0 Å². The Kier molecular flexibility index (Phi) is 5.56. The lowest BCUT2D eigenvalue weighted by atomic mass is 9.91. The van der Waals surface area contributed by atoms with Crippen molar-refractivity contribution >= 4 is 40.7 Å². The molecular formula is C18H23Cl2N3O2. The smallest absolute Gasteiger partial charge is 0.228 e. The summed E-state index contributed by atoms with van der Waals surface area (Å²) in [6.07, 6.45) is 2.24. The Hall–Kier alpha value is -1.30. The van der Waals surface area contributed by atoms with Crippen LogP contribution in [0.3, 0.4) is 0 Å². The second-order valence-corrected chi connectivity index (χ2v) is 7.95. The van der Waals surface area contributed by atoms with Crippen LogP contribution in [-0.2, 0) is 9.59 Å². The van der Waals surface area contributed by atoms with Gasteiger partial charge in [0.25, 0.3) is 0 Å². The third-order valence-electron chi connectivity index (χ3n) is 5.15. The van der Waals surface area contributed by atoms with Crippen molar-refractivity contribution in [3.63, 3.8) is 0 Å². The molecule has 2 fully saturated rings. The normalized spacial score (nSPS) is 25.4. The summed E-state index contributed by atoms with van der Waals surface area (Å²) in [4.78, 5) is 28.8. The summed E-state index contributed by atoms with van der Waals surface area (Å²) in [6.45, 7) is 3.79. The summed E-state index contributed by atoms with van der Waals surface area (Å²) in [5, 5.41) is 0.946. The van der Waals surface area contributed by atoms with E-state index in [1.165, 1.54) is 0 Å². The van der Waals surface area contributed by atoms with Gasteiger partial charge in [0, 0.05) is 47.8 Å². The van der Waals surface area contributed by atoms with Crippen LogP contribution >= 0.6 is 23.2 Å². The molecule has 136 valence electrons. The molecule has 3 rings (SSSR count). The number of carbonyl (C=O) groups excluding carboxylic acids is 2. The van der Waals surface area contributed by atoms with E-state index in [-0.39, 0.29) is 30.2 Å². The van der Waals surface area contributed by atoms with E-state index in [1.54, 1.807) is 23.1 Å². The number of rotatable bonds is 3. The number of benzene rings is 1. The highest BCUT2D eigenvalue weighted by Gasteiger charge is 2.38. The molecule has 1 aromatic rings. The number of amides is 2. The third-order valence-corrected chi connectivity index (χ3v) is 5.58. The number of anilines is 1. The standard InChI is InChI=1S/C18H23Cl2N3O2/c1-11(21)12-3-2-4-22(9-12)18(25)13-5-17(24)23(10-13)16-7-14(19)6-15(20)8-16/h6-8,11-13H,2-5,9-10,21H2,1H3. The van der Waals surface area contributed by atoms with Gasteiger partial charge in [-0.2, -0.15) is 0 Å². The number of likely N-dealkylation sites (tertiary alicyclic amines) is 1. The highest BCUT2D eigenvalue weighted by molar-refractivity contribution is 6.35. The molecule has 0 aliphatic carbocycles. The maximum Gasteiger partial charge on any atom is 0.228 e. The van der Waals surface area contributed by atoms with Gasteiger partial charge in [0.05, 0.1) is 5.92 Å². The molecule has 0 saturated carbocycles. The molecule has 3 atom stereocenters. The Morgan fingerprint density at radius 2 is 1.92 bits per heavy atom. The van der Waals surface area contributed by atoms with Crippen molar-refractivity contribution in [3.8, 4) is 0 Å². The number of nitrogens with two attached hydrogens (primary N) is 1. The first-order chi connectivity index (χ1) is 11.8. The Bertz CT molecular complexity index is 660. The molecule has 2 N–H and O–H groups in total. The van der Waals surface area contributed by atoms with E-state index in [4.69, 9.17) is 28.9 Å². The zero-order valence-corrected chi connectivity index (χ0v) is 15.8. The molecule has 2 saturated heterocycles. The van der Waals surface area contributed by atoms with E-state index in [9.17, 15) is 9.59 Å². The molecule has 2 heterocycles. The van der Waals surface area contributed by atoms with E-state index < -0.39 is 0 Å². The lowest BCUT2D eigenvalue weighted by molar-refractivity contribution is -0.137. The van der Waals surface area contributed by atoms with Crippen LogP contribution in [0.25, 0.3) is 0 Å². The highest BCUT2D eigenvalue weighted by Crippen LogP contribution is 2.31. The molecule has 0 aromatic heterocycles. The van der Waals surface area contributed by atoms with Crippen LogP contribution in [0.1, 0.15) is 26.2 Å². The van der Waals surface area contributed by atoms with Gasteiger partial charge in [-0.3, -0.25) is 9.59 Å². The van der Waals surface area contributed by atoms with Crippen LogP contribution in [0.4, 0.5) is 5.69 Å². The number of halogens is 2. The lowest BCUT2D eigenvalue weighted by Crippen LogP contribution is -2.47. The minimum Gasteiger partial charge on any atom is -0.342 e. The van der Waals surface area contributed by atoms with Crippen molar-refractivity contribution in [2.75, 3.05) is 24.5 Å². The molecule has 0 radical (unpaired) electrons. The van der Waals surface area contributed by atoms with E-state index >= 15 is 0 Å². The number of carbonyl (C=O) groups is 2. The van der Waals surface area contributed by atoms with E-state index in [1.807, 2.05) is 11.8 Å². The third kappa shape index (κ3) is 4.10. The minimum atomic E-state index is -0.322. The Morgan fingerprint density at radius 3 is 2.56 bits per heavy atom. The zero-order chi connectivity index (χ0) is 18.1. The fraction of sp³-hybridized carbons (Fsp3) is 0.556. The minimum absolute atomic E-state index is 0.0503. The molecule has 25 heavy (non-hydrogen) atoms. The van der Waals surface area contributed by atoms with Crippen LogP contribution in [0.5, 0.6) is 0 Å². The number of hydrogen-bond acceptors (Lipinski definition) is 3. The van der Waals surface area contributed by atoms with Crippen molar-refractivity contribution in [2.45, 2.75) is 32.2 Å². The predicted molar refractivity (Wildman–Crippen MR) is 99.9 cm³/mol. The molecule has 0 spiro atoms. The number of nitrogens with zero attached hydrogens (tertiary/aromatic N) is 2. The van der Waals surface area contributed by atoms with Gasteiger partial charge in [-0.25, -0.2) is 0 Å². The van der Waals surface area contributed by atoms with Crippen LogP contribution < -0.4 is 10.6 Å². The van der Waals surface area contributed by atoms with E-state index in [0.29, 0.717) is 34.7 Å². The summed E-state index contributed by atoms with van der Waals surface area (Å²) < 4.78 is 0. The molecule has 2 amide bonds. The van der Waals surface area contributed by atoms with Gasteiger partial charge < -0.3 is 15.5 Å². The average molecular weight is 384 g/mol. The summed E-state index contributed by atoms with van der Waals surface area (Å²) >= 11 is 12.1. The predicted octanol–water partition coefficient (Wildman–Crippen LogP) is 2.93. The fourth-order valence-electron chi connectivity index (χ4n) is 3.72. The molecule has 0 bridgehead atoms. The van der Waals surface area contributed by atoms with E-state index in [0.717, 1.165) is 19.4 Å². The second kappa shape index (κ2) is 7.52. The fourth-order valence-corrected chi connectivity index (χ4v) is 4.23. The average Bonchev–Trinajstić information content (AvgIpc) is 2.95. The number of piperidine rings is 1. The topological polar surface area (TPSA) is 66.6 Å². The molecule has 2 aliphatic rings. The van der Waals surface area contributed by atoms with Crippen molar-refractivity contribution < 1.29 is 9.59 Å². The summed E-state index contributed by atoms with van der Waals surface area (Å²) in [5.41, 5.74) is 6.65. The Morgan fingerprint density at radius 1 is 1.24 bits per heavy atom. The second-order valence-electron chi connectivity index (χ2n) is 7.08. The van der Waals surface area contributed by atoms with Gasteiger partial charge in [-0.15, -0.1) is 0 Å². The quantitative estimate of drug-likeness (QED) is 0.872. The van der Waals surface area contributed by atoms with Crippen LogP contribution in [0, 0.1) is 11.8 Å². The SMILES string of the molecule is CC(N)C1CCCN(C(=O)C2CC(=O)N(c3cc(Cl)cc(Cl)c3)C2)C1. The van der Waals surface area contributed by atoms with Gasteiger partial charge in [0.1, 0.15) is 0 Å². The molecule has 7 heteroatoms. The van der Waals surface area contributed by atoms with Crippen LogP contribution in [0.15, 0.2) is 18.2 Å². The molecular weight excluding hydrogens is 361 g/mol. The molecule has 3 unspecified atom stereocenters. The largest absolute Gasteiger partial charge is 0.342 e. The van der Waals surface area contributed by atoms with Crippen molar-refractivity contribution in [1.82, 2.24) is 4.90 Å². The lowest BCUT2D eigenvalue weighted by Gasteiger charge is -2.35. The Balaban J connectivity index is 1.70. The zero-order valence-electron chi connectivity index (χ0n) is 14.3. The van der Waals surface area contributed by atoms with E-state index in [2.05, 4.69) is 0 Å². The van der Waals surface area contributed by atoms with Crippen molar-refractivity contribution in [2.24, 2.45) is 17.6 Å². The molecule has 5 nitrogen and oxygen atoms in total. The molecule has 2 aliphatic heterocycles. The van der Waals surface area contributed by atoms with Crippen molar-refractivity contribution in [3.05, 3.63) is 28.2 Å². The maximum atomic E-state index is 12.9. The summed E-state index contributed by atoms with van der Waals surface area (Å²) in [5.74, 6) is -0.0125. The summed E-state index contributed by atoms with van der Waals surface area (Å²) in [6, 6.07) is 5.10. The monoisotopic (exact) mass is 383 g/mol. The highest BCUT2D eigenvalue weighted by atomic mass is 35.5. The number of hydrogen-bond donors (Lipinski definition) is 1. The van der Waals surface area contributed by atoms with Gasteiger partial charge in [0.2, 0.25) is 11.8 Å². The first kappa shape index (κ1) is 18.5. The maximum absolute atomic E-state index is 12.9. The molecule has 1 aromatic carbocycles. The van der Waals surface area contributed by atoms with Gasteiger partial charge >= 0.3 is 0 Å². The first-order valence-electron chi connectivity index (χ1n) is 8.66. The Labute approximate surface area is 158 Å².